The third-order valence-corrected chi connectivity index (χ3v) is 2.09. The van der Waals surface area contributed by atoms with Crippen molar-refractivity contribution >= 4 is 0 Å². The predicted octanol–water partition coefficient (Wildman–Crippen LogP) is 2.65. The average Bonchev–Trinajstić information content (AvgIpc) is 2.15. The van der Waals surface area contributed by atoms with Crippen molar-refractivity contribution in [3.63, 3.8) is 0 Å². The van der Waals surface area contributed by atoms with E-state index in [1.807, 2.05) is 0 Å². The highest BCUT2D eigenvalue weighted by Crippen LogP contribution is 2.31. The minimum atomic E-state index is 0.190. The van der Waals surface area contributed by atoms with Crippen LogP contribution in [0.3, 0.4) is 0 Å². The molecular formula is C8H15. The molecule has 1 rings (SSSR count). The third kappa shape index (κ3) is 1.04. The first-order valence-electron chi connectivity index (χ1n) is 4.09. The molecule has 0 N–H and O–H groups in total. The van der Waals surface area contributed by atoms with E-state index in [4.69, 9.17) is 1.37 Å². The van der Waals surface area contributed by atoms with Crippen molar-refractivity contribution < 1.29 is 1.37 Å². The molecule has 47 valence electrons. The van der Waals surface area contributed by atoms with E-state index in [0.717, 1.165) is 12.3 Å². The van der Waals surface area contributed by atoms with Crippen LogP contribution in [0, 0.1) is 18.3 Å². The Kier molecular flexibility index (Phi) is 1.52. The van der Waals surface area contributed by atoms with Gasteiger partial charge < -0.3 is 0 Å². The maximum Gasteiger partial charge on any atom is 0.0269 e. The molecule has 0 nitrogen and oxygen atoms in total. The van der Waals surface area contributed by atoms with Gasteiger partial charge in [0.25, 0.3) is 0 Å². The molecule has 3 unspecified atom stereocenters. The monoisotopic (exact) mass is 112 g/mol. The van der Waals surface area contributed by atoms with Crippen LogP contribution in [0.4, 0.5) is 0 Å². The van der Waals surface area contributed by atoms with Crippen LogP contribution < -0.4 is 0 Å². The van der Waals surface area contributed by atoms with Crippen LogP contribution in [0.2, 0.25) is 0 Å². The highest BCUT2D eigenvalue weighted by molar-refractivity contribution is 4.86. The van der Waals surface area contributed by atoms with Crippen molar-refractivity contribution in [3.05, 3.63) is 6.42 Å². The molecule has 0 saturated heterocycles. The summed E-state index contributed by atoms with van der Waals surface area (Å²) >= 11 is 0. The van der Waals surface area contributed by atoms with E-state index >= 15 is 0 Å². The van der Waals surface area contributed by atoms with Crippen molar-refractivity contribution in [1.82, 2.24) is 0 Å². The van der Waals surface area contributed by atoms with Gasteiger partial charge in [0.1, 0.15) is 0 Å². The van der Waals surface area contributed by atoms with Crippen LogP contribution in [0.5, 0.6) is 0 Å². The van der Waals surface area contributed by atoms with Gasteiger partial charge in [0.15, 0.2) is 0 Å². The Morgan fingerprint density at radius 2 is 2.62 bits per heavy atom. The fourth-order valence-electron chi connectivity index (χ4n) is 1.40. The summed E-state index contributed by atoms with van der Waals surface area (Å²) in [6.45, 7) is 4.39. The second-order valence-corrected chi connectivity index (χ2v) is 2.64. The van der Waals surface area contributed by atoms with Crippen LogP contribution in [0.15, 0.2) is 0 Å². The molecular weight excluding hydrogens is 96.1 g/mol. The first kappa shape index (κ1) is 4.84. The molecule has 0 aromatic rings. The van der Waals surface area contributed by atoms with E-state index in [1.165, 1.54) is 6.42 Å². The quantitative estimate of drug-likeness (QED) is 0.489. The Hall–Kier alpha value is 0. The van der Waals surface area contributed by atoms with Gasteiger partial charge in [0.2, 0.25) is 0 Å². The summed E-state index contributed by atoms with van der Waals surface area (Å²) < 4.78 is 7.54. The van der Waals surface area contributed by atoms with Crippen molar-refractivity contribution in [2.75, 3.05) is 0 Å². The lowest BCUT2D eigenvalue weighted by molar-refractivity contribution is 0.445. The molecule has 1 radical (unpaired) electrons. The molecule has 0 aromatic carbocycles. The summed E-state index contributed by atoms with van der Waals surface area (Å²) in [5, 5.41) is 0. The Morgan fingerprint density at radius 1 is 1.88 bits per heavy atom. The van der Waals surface area contributed by atoms with Crippen molar-refractivity contribution in [2.24, 2.45) is 11.8 Å². The zero-order valence-corrected chi connectivity index (χ0v) is 5.72. The SMILES string of the molecule is [2H]C1C[CH]C(CC)C1C. The predicted molar refractivity (Wildman–Crippen MR) is 36.5 cm³/mol. The summed E-state index contributed by atoms with van der Waals surface area (Å²) in [5.74, 6) is 1.34. The van der Waals surface area contributed by atoms with Gasteiger partial charge in [-0.15, -0.1) is 0 Å². The van der Waals surface area contributed by atoms with Crippen molar-refractivity contribution in [3.8, 4) is 0 Å². The van der Waals surface area contributed by atoms with E-state index in [2.05, 4.69) is 20.3 Å². The Balaban J connectivity index is 2.41. The molecule has 1 saturated carbocycles. The zero-order valence-electron chi connectivity index (χ0n) is 6.72. The molecule has 1 aliphatic carbocycles. The molecule has 8 heavy (non-hydrogen) atoms. The molecule has 0 bridgehead atoms. The lowest BCUT2D eigenvalue weighted by atomic mass is 9.96. The number of rotatable bonds is 1. The molecule has 3 atom stereocenters. The highest BCUT2D eigenvalue weighted by atomic mass is 14.3. The van der Waals surface area contributed by atoms with E-state index in [0.29, 0.717) is 5.92 Å². The van der Waals surface area contributed by atoms with Crippen LogP contribution in [0.25, 0.3) is 0 Å². The molecule has 0 aromatic heterocycles. The lowest BCUT2D eigenvalue weighted by Crippen LogP contribution is -2.00. The maximum atomic E-state index is 7.54. The minimum absolute atomic E-state index is 0.190. The largest absolute Gasteiger partial charge is 0.0651 e. The van der Waals surface area contributed by atoms with E-state index in [9.17, 15) is 0 Å². The van der Waals surface area contributed by atoms with Gasteiger partial charge in [-0.25, -0.2) is 0 Å². The van der Waals surface area contributed by atoms with Gasteiger partial charge in [-0.2, -0.15) is 0 Å². The van der Waals surface area contributed by atoms with Gasteiger partial charge in [0, 0.05) is 1.37 Å². The molecule has 1 fully saturated rings. The summed E-state index contributed by atoms with van der Waals surface area (Å²) in [6.07, 6.45) is 4.73. The Morgan fingerprint density at radius 3 is 2.88 bits per heavy atom. The molecule has 0 aliphatic heterocycles. The fourth-order valence-corrected chi connectivity index (χ4v) is 1.40. The molecule has 0 amide bonds. The highest BCUT2D eigenvalue weighted by Gasteiger charge is 2.20. The second kappa shape index (κ2) is 2.52. The van der Waals surface area contributed by atoms with Crippen LogP contribution in [-0.2, 0) is 0 Å². The maximum absolute atomic E-state index is 7.54. The van der Waals surface area contributed by atoms with Gasteiger partial charge in [-0.3, -0.25) is 0 Å². The average molecular weight is 112 g/mol. The van der Waals surface area contributed by atoms with Crippen molar-refractivity contribution in [1.29, 1.82) is 0 Å². The number of hydrogen-bond donors (Lipinski definition) is 0. The lowest BCUT2D eigenvalue weighted by Gasteiger charge is -2.10. The first-order valence-corrected chi connectivity index (χ1v) is 3.51. The molecule has 1 aliphatic rings. The Bertz CT molecular complexity index is 90.6. The van der Waals surface area contributed by atoms with Crippen molar-refractivity contribution in [2.45, 2.75) is 33.1 Å². The standard InChI is InChI=1S/C8H15/c1-3-8-6-4-5-7(8)2/h6-8H,3-5H2,1-2H3/i5D. The zero-order chi connectivity index (χ0) is 6.85. The fraction of sp³-hybridized carbons (Fsp3) is 0.875. The minimum Gasteiger partial charge on any atom is -0.0651 e. The molecule has 0 spiro atoms. The normalized spacial score (nSPS) is 49.2. The van der Waals surface area contributed by atoms with Gasteiger partial charge in [0.05, 0.1) is 0 Å². The van der Waals surface area contributed by atoms with E-state index in [1.54, 1.807) is 0 Å². The molecule has 0 heterocycles. The number of hydrogen-bond acceptors (Lipinski definition) is 0. The van der Waals surface area contributed by atoms with Gasteiger partial charge in [-0.1, -0.05) is 26.7 Å². The van der Waals surface area contributed by atoms with Crippen LogP contribution >= 0.6 is 0 Å². The van der Waals surface area contributed by atoms with E-state index < -0.39 is 0 Å². The summed E-state index contributed by atoms with van der Waals surface area (Å²) in [6, 6.07) is 0. The van der Waals surface area contributed by atoms with Crippen LogP contribution in [0.1, 0.15) is 34.5 Å². The van der Waals surface area contributed by atoms with E-state index in [-0.39, 0.29) is 6.40 Å². The first-order chi connectivity index (χ1) is 4.25. The summed E-state index contributed by atoms with van der Waals surface area (Å²) in [4.78, 5) is 0. The van der Waals surface area contributed by atoms with Gasteiger partial charge >= 0.3 is 0 Å². The Labute approximate surface area is 53.7 Å². The summed E-state index contributed by atoms with van der Waals surface area (Å²) in [7, 11) is 0. The topological polar surface area (TPSA) is 0 Å². The smallest absolute Gasteiger partial charge is 0.0269 e. The molecule has 0 heteroatoms. The second-order valence-electron chi connectivity index (χ2n) is 2.64. The summed E-state index contributed by atoms with van der Waals surface area (Å²) in [5.41, 5.74) is 0. The third-order valence-electron chi connectivity index (χ3n) is 2.09. The van der Waals surface area contributed by atoms with Crippen LogP contribution in [-0.4, -0.2) is 0 Å². The van der Waals surface area contributed by atoms with Gasteiger partial charge in [-0.05, 0) is 24.7 Å².